The van der Waals surface area contributed by atoms with E-state index in [4.69, 9.17) is 11.6 Å². The lowest BCUT2D eigenvalue weighted by Crippen LogP contribution is -2.43. The zero-order chi connectivity index (χ0) is 18.7. The first-order valence-corrected chi connectivity index (χ1v) is 8.55. The number of aromatic nitrogens is 2. The minimum atomic E-state index is -0.709. The quantitative estimate of drug-likeness (QED) is 0.694. The lowest BCUT2D eigenvalue weighted by atomic mass is 10.1. The number of amides is 1. The monoisotopic (exact) mass is 371 g/mol. The van der Waals surface area contributed by atoms with Crippen molar-refractivity contribution in [3.63, 3.8) is 0 Å². The molecular formula is C19H18ClN3O3. The van der Waals surface area contributed by atoms with Crippen LogP contribution in [0.4, 0.5) is 0 Å². The van der Waals surface area contributed by atoms with Gasteiger partial charge in [-0.25, -0.2) is 0 Å². The van der Waals surface area contributed by atoms with E-state index in [9.17, 15) is 14.4 Å². The summed E-state index contributed by atoms with van der Waals surface area (Å²) in [6.07, 6.45) is 0.648. The predicted molar refractivity (Wildman–Crippen MR) is 102 cm³/mol. The Labute approximate surface area is 154 Å². The molecular weight excluding hydrogens is 354 g/mol. The summed E-state index contributed by atoms with van der Waals surface area (Å²) in [5.74, 6) is -0.320. The van der Waals surface area contributed by atoms with Crippen molar-refractivity contribution in [2.75, 3.05) is 6.54 Å². The first kappa shape index (κ1) is 17.9. The van der Waals surface area contributed by atoms with Crippen LogP contribution < -0.4 is 16.4 Å². The van der Waals surface area contributed by atoms with E-state index in [1.54, 1.807) is 43.4 Å². The van der Waals surface area contributed by atoms with Crippen molar-refractivity contribution < 1.29 is 4.79 Å². The molecule has 0 bridgehead atoms. The van der Waals surface area contributed by atoms with E-state index in [2.05, 4.69) is 5.32 Å². The Balaban J connectivity index is 1.74. The molecule has 0 unspecified atom stereocenters. The van der Waals surface area contributed by atoms with Gasteiger partial charge in [0.1, 0.15) is 6.54 Å². The summed E-state index contributed by atoms with van der Waals surface area (Å²) in [5, 5.41) is 3.44. The van der Waals surface area contributed by atoms with Crippen LogP contribution in [0.3, 0.4) is 0 Å². The van der Waals surface area contributed by atoms with Gasteiger partial charge < -0.3 is 9.88 Å². The number of halogens is 1. The third kappa shape index (κ3) is 3.70. The van der Waals surface area contributed by atoms with E-state index in [1.165, 1.54) is 9.13 Å². The van der Waals surface area contributed by atoms with E-state index in [0.29, 0.717) is 29.0 Å². The number of carbonyl (C=O) groups excluding carboxylic acids is 1. The highest BCUT2D eigenvalue weighted by molar-refractivity contribution is 6.30. The molecule has 1 heterocycles. The molecule has 3 aromatic rings. The Kier molecular flexibility index (Phi) is 5.23. The minimum Gasteiger partial charge on any atom is -0.354 e. The number of benzene rings is 2. The molecule has 134 valence electrons. The van der Waals surface area contributed by atoms with Gasteiger partial charge in [0.2, 0.25) is 5.91 Å². The van der Waals surface area contributed by atoms with E-state index in [0.717, 1.165) is 5.56 Å². The maximum Gasteiger partial charge on any atom is 0.317 e. The fourth-order valence-corrected chi connectivity index (χ4v) is 2.93. The van der Waals surface area contributed by atoms with Crippen molar-refractivity contribution in [1.29, 1.82) is 0 Å². The number of rotatable bonds is 5. The van der Waals surface area contributed by atoms with Crippen molar-refractivity contribution in [2.45, 2.75) is 13.0 Å². The molecule has 0 radical (unpaired) electrons. The lowest BCUT2D eigenvalue weighted by molar-refractivity contribution is -0.121. The van der Waals surface area contributed by atoms with Gasteiger partial charge in [0, 0.05) is 18.6 Å². The average Bonchev–Trinajstić information content (AvgIpc) is 2.65. The summed E-state index contributed by atoms with van der Waals surface area (Å²) in [5.41, 5.74) is 0.834. The maximum absolute atomic E-state index is 12.3. The summed E-state index contributed by atoms with van der Waals surface area (Å²) < 4.78 is 2.52. The zero-order valence-electron chi connectivity index (χ0n) is 14.2. The van der Waals surface area contributed by atoms with Gasteiger partial charge in [-0.2, -0.15) is 0 Å². The van der Waals surface area contributed by atoms with Crippen LogP contribution in [0, 0.1) is 0 Å². The van der Waals surface area contributed by atoms with Crippen LogP contribution >= 0.6 is 11.6 Å². The number of aryl methyl sites for hydroxylation is 1. The second-order valence-corrected chi connectivity index (χ2v) is 6.41. The summed E-state index contributed by atoms with van der Waals surface area (Å²) in [6.45, 7) is 0.230. The van der Waals surface area contributed by atoms with E-state index in [1.807, 2.05) is 12.1 Å². The van der Waals surface area contributed by atoms with Crippen LogP contribution in [0.15, 0.2) is 58.1 Å². The number of nitrogens with one attached hydrogen (secondary N) is 1. The topological polar surface area (TPSA) is 73.1 Å². The number of fused-ring (bicyclic) bond motifs is 1. The molecule has 0 atom stereocenters. The van der Waals surface area contributed by atoms with E-state index < -0.39 is 11.1 Å². The van der Waals surface area contributed by atoms with Crippen molar-refractivity contribution in [3.05, 3.63) is 79.8 Å². The Morgan fingerprint density at radius 2 is 1.65 bits per heavy atom. The van der Waals surface area contributed by atoms with Gasteiger partial charge in [0.05, 0.1) is 11.0 Å². The van der Waals surface area contributed by atoms with Crippen LogP contribution in [0.5, 0.6) is 0 Å². The lowest BCUT2D eigenvalue weighted by Gasteiger charge is -2.12. The highest BCUT2D eigenvalue weighted by Gasteiger charge is 2.13. The summed E-state index contributed by atoms with van der Waals surface area (Å²) >= 11 is 5.84. The molecule has 26 heavy (non-hydrogen) atoms. The molecule has 0 aliphatic rings. The molecule has 7 heteroatoms. The van der Waals surface area contributed by atoms with Gasteiger partial charge in [-0.3, -0.25) is 19.0 Å². The molecule has 0 spiro atoms. The SMILES string of the molecule is Cn1c(=O)c(=O)n(CC(=O)NCCc2ccc(Cl)cc2)c2ccccc21. The van der Waals surface area contributed by atoms with Gasteiger partial charge in [0.15, 0.2) is 0 Å². The van der Waals surface area contributed by atoms with Crippen LogP contribution in [-0.2, 0) is 24.8 Å². The third-order valence-electron chi connectivity index (χ3n) is 4.22. The number of hydrogen-bond acceptors (Lipinski definition) is 3. The Morgan fingerprint density at radius 3 is 2.35 bits per heavy atom. The smallest absolute Gasteiger partial charge is 0.317 e. The van der Waals surface area contributed by atoms with Gasteiger partial charge in [-0.1, -0.05) is 35.9 Å². The first-order chi connectivity index (χ1) is 12.5. The minimum absolute atomic E-state index is 0.198. The molecule has 0 saturated heterocycles. The van der Waals surface area contributed by atoms with E-state index >= 15 is 0 Å². The molecule has 3 rings (SSSR count). The highest BCUT2D eigenvalue weighted by Crippen LogP contribution is 2.10. The summed E-state index contributed by atoms with van der Waals surface area (Å²) in [4.78, 5) is 36.6. The fraction of sp³-hybridized carbons (Fsp3) is 0.211. The predicted octanol–water partition coefficient (Wildman–Crippen LogP) is 1.71. The van der Waals surface area contributed by atoms with Crippen LogP contribution in [-0.4, -0.2) is 21.6 Å². The van der Waals surface area contributed by atoms with E-state index in [-0.39, 0.29) is 12.5 Å². The van der Waals surface area contributed by atoms with Crippen LogP contribution in [0.2, 0.25) is 5.02 Å². The Morgan fingerprint density at radius 1 is 1.00 bits per heavy atom. The molecule has 1 amide bonds. The number of nitrogens with zero attached hydrogens (tertiary/aromatic N) is 2. The number of para-hydroxylation sites is 2. The largest absolute Gasteiger partial charge is 0.354 e. The van der Waals surface area contributed by atoms with Crippen molar-refractivity contribution in [2.24, 2.45) is 7.05 Å². The zero-order valence-corrected chi connectivity index (χ0v) is 15.0. The average molecular weight is 372 g/mol. The molecule has 2 aromatic carbocycles. The third-order valence-corrected chi connectivity index (χ3v) is 4.47. The second-order valence-electron chi connectivity index (χ2n) is 5.97. The summed E-state index contributed by atoms with van der Waals surface area (Å²) in [7, 11) is 1.54. The number of carbonyl (C=O) groups is 1. The normalized spacial score (nSPS) is 10.8. The summed E-state index contributed by atoms with van der Waals surface area (Å²) in [6, 6.07) is 14.4. The van der Waals surface area contributed by atoms with Crippen molar-refractivity contribution in [1.82, 2.24) is 14.5 Å². The second kappa shape index (κ2) is 7.58. The van der Waals surface area contributed by atoms with Crippen LogP contribution in [0.25, 0.3) is 11.0 Å². The Hall–Kier alpha value is -2.86. The molecule has 0 saturated carbocycles. The van der Waals surface area contributed by atoms with Crippen molar-refractivity contribution in [3.8, 4) is 0 Å². The van der Waals surface area contributed by atoms with Crippen LogP contribution in [0.1, 0.15) is 5.56 Å². The molecule has 1 aromatic heterocycles. The van der Waals surface area contributed by atoms with Gasteiger partial charge in [0.25, 0.3) is 0 Å². The van der Waals surface area contributed by atoms with Gasteiger partial charge in [-0.15, -0.1) is 0 Å². The van der Waals surface area contributed by atoms with Gasteiger partial charge in [-0.05, 0) is 36.2 Å². The van der Waals surface area contributed by atoms with Gasteiger partial charge >= 0.3 is 11.1 Å². The first-order valence-electron chi connectivity index (χ1n) is 8.17. The number of hydrogen-bond donors (Lipinski definition) is 1. The molecule has 0 fully saturated rings. The maximum atomic E-state index is 12.3. The molecule has 0 aliphatic heterocycles. The highest BCUT2D eigenvalue weighted by atomic mass is 35.5. The molecule has 1 N–H and O–H groups in total. The molecule has 0 aliphatic carbocycles. The molecule has 6 nitrogen and oxygen atoms in total. The fourth-order valence-electron chi connectivity index (χ4n) is 2.81. The Bertz CT molecular complexity index is 1070. The van der Waals surface area contributed by atoms with Crippen molar-refractivity contribution >= 4 is 28.5 Å². The standard InChI is InChI=1S/C19H18ClN3O3/c1-22-15-4-2-3-5-16(15)23(19(26)18(22)25)12-17(24)21-11-10-13-6-8-14(20)9-7-13/h2-9H,10-12H2,1H3,(H,21,24).